The predicted molar refractivity (Wildman–Crippen MR) is 77.0 cm³/mol. The average molecular weight is 356 g/mol. The van der Waals surface area contributed by atoms with E-state index in [0.29, 0.717) is 12.3 Å². The van der Waals surface area contributed by atoms with Crippen molar-refractivity contribution in [2.24, 2.45) is 0 Å². The molecule has 0 saturated heterocycles. The second-order valence-electron chi connectivity index (χ2n) is 3.77. The van der Waals surface area contributed by atoms with Crippen LogP contribution in [0.4, 0.5) is 0 Å². The summed E-state index contributed by atoms with van der Waals surface area (Å²) in [5.74, 6) is -0.386. The van der Waals surface area contributed by atoms with Gasteiger partial charge in [-0.3, -0.25) is 0 Å². The number of rotatable bonds is 3. The SMILES string of the molecule is CCOC(=O)c1cc(I)n(-c2ccccc2C)n1. The van der Waals surface area contributed by atoms with Gasteiger partial charge in [0, 0.05) is 6.07 Å². The van der Waals surface area contributed by atoms with Gasteiger partial charge in [-0.25, -0.2) is 9.48 Å². The Labute approximate surface area is 119 Å². The van der Waals surface area contributed by atoms with E-state index >= 15 is 0 Å². The van der Waals surface area contributed by atoms with E-state index in [1.54, 1.807) is 17.7 Å². The first-order valence-electron chi connectivity index (χ1n) is 5.62. The molecular formula is C13H13IN2O2. The minimum absolute atomic E-state index is 0.338. The van der Waals surface area contributed by atoms with Crippen LogP contribution in [0.3, 0.4) is 0 Å². The van der Waals surface area contributed by atoms with Gasteiger partial charge in [-0.15, -0.1) is 0 Å². The number of carbonyl (C=O) groups excluding carboxylic acids is 1. The Hall–Kier alpha value is -1.37. The highest BCUT2D eigenvalue weighted by atomic mass is 127. The van der Waals surface area contributed by atoms with Gasteiger partial charge in [0.1, 0.15) is 3.70 Å². The van der Waals surface area contributed by atoms with Gasteiger partial charge >= 0.3 is 5.97 Å². The molecule has 1 aromatic heterocycles. The third-order valence-corrected chi connectivity index (χ3v) is 3.26. The molecule has 0 spiro atoms. The minimum atomic E-state index is -0.386. The monoisotopic (exact) mass is 356 g/mol. The number of ether oxygens (including phenoxy) is 1. The molecule has 0 atom stereocenters. The fourth-order valence-electron chi connectivity index (χ4n) is 1.63. The van der Waals surface area contributed by atoms with Crippen molar-refractivity contribution >= 4 is 28.6 Å². The van der Waals surface area contributed by atoms with Crippen LogP contribution in [0.5, 0.6) is 0 Å². The van der Waals surface area contributed by atoms with E-state index in [2.05, 4.69) is 27.7 Å². The Balaban J connectivity index is 2.42. The second-order valence-corrected chi connectivity index (χ2v) is 4.88. The van der Waals surface area contributed by atoms with E-state index in [1.807, 2.05) is 31.2 Å². The molecule has 0 bridgehead atoms. The number of carbonyl (C=O) groups is 1. The summed E-state index contributed by atoms with van der Waals surface area (Å²) in [5.41, 5.74) is 2.41. The van der Waals surface area contributed by atoms with E-state index in [9.17, 15) is 4.79 Å². The van der Waals surface area contributed by atoms with Crippen molar-refractivity contribution in [3.05, 3.63) is 45.3 Å². The molecule has 5 heteroatoms. The number of benzene rings is 1. The minimum Gasteiger partial charge on any atom is -0.461 e. The summed E-state index contributed by atoms with van der Waals surface area (Å²) in [6.45, 7) is 4.14. The van der Waals surface area contributed by atoms with Crippen molar-refractivity contribution < 1.29 is 9.53 Å². The normalized spacial score (nSPS) is 10.4. The third kappa shape index (κ3) is 2.55. The summed E-state index contributed by atoms with van der Waals surface area (Å²) in [5, 5.41) is 4.29. The molecule has 0 aliphatic rings. The molecule has 2 rings (SSSR count). The van der Waals surface area contributed by atoms with Gasteiger partial charge in [0.25, 0.3) is 0 Å². The number of aromatic nitrogens is 2. The van der Waals surface area contributed by atoms with Crippen LogP contribution in [0.1, 0.15) is 23.0 Å². The van der Waals surface area contributed by atoms with Crippen LogP contribution in [0.2, 0.25) is 0 Å². The summed E-state index contributed by atoms with van der Waals surface area (Å²) in [6, 6.07) is 9.63. The lowest BCUT2D eigenvalue weighted by Crippen LogP contribution is -2.07. The zero-order valence-electron chi connectivity index (χ0n) is 10.2. The maximum absolute atomic E-state index is 11.6. The van der Waals surface area contributed by atoms with Gasteiger partial charge in [-0.1, -0.05) is 18.2 Å². The number of esters is 1. The van der Waals surface area contributed by atoms with Gasteiger partial charge in [0.2, 0.25) is 0 Å². The molecule has 94 valence electrons. The van der Waals surface area contributed by atoms with Gasteiger partial charge in [-0.05, 0) is 48.1 Å². The zero-order chi connectivity index (χ0) is 13.1. The molecule has 0 aliphatic heterocycles. The maximum Gasteiger partial charge on any atom is 0.358 e. The molecule has 18 heavy (non-hydrogen) atoms. The largest absolute Gasteiger partial charge is 0.461 e. The van der Waals surface area contributed by atoms with Crippen LogP contribution in [0, 0.1) is 10.6 Å². The Bertz CT molecular complexity index is 578. The number of nitrogens with zero attached hydrogens (tertiary/aromatic N) is 2. The lowest BCUT2D eigenvalue weighted by molar-refractivity contribution is 0.0519. The average Bonchev–Trinajstić information content (AvgIpc) is 2.72. The van der Waals surface area contributed by atoms with E-state index in [0.717, 1.165) is 15.0 Å². The third-order valence-electron chi connectivity index (χ3n) is 2.49. The number of para-hydroxylation sites is 1. The van der Waals surface area contributed by atoms with Crippen molar-refractivity contribution in [3.8, 4) is 5.69 Å². The van der Waals surface area contributed by atoms with Crippen LogP contribution in [-0.2, 0) is 4.74 Å². The van der Waals surface area contributed by atoms with E-state index in [-0.39, 0.29) is 5.97 Å². The quantitative estimate of drug-likeness (QED) is 0.628. The lowest BCUT2D eigenvalue weighted by atomic mass is 10.2. The number of halogens is 1. The van der Waals surface area contributed by atoms with Gasteiger partial charge in [0.05, 0.1) is 12.3 Å². The highest BCUT2D eigenvalue weighted by molar-refractivity contribution is 14.1. The van der Waals surface area contributed by atoms with Crippen molar-refractivity contribution in [1.29, 1.82) is 0 Å². The summed E-state index contributed by atoms with van der Waals surface area (Å²) in [7, 11) is 0. The van der Waals surface area contributed by atoms with Crippen molar-refractivity contribution in [2.45, 2.75) is 13.8 Å². The molecule has 0 aliphatic carbocycles. The van der Waals surface area contributed by atoms with Crippen LogP contribution in [0.15, 0.2) is 30.3 Å². The van der Waals surface area contributed by atoms with E-state index < -0.39 is 0 Å². The predicted octanol–water partition coefficient (Wildman–Crippen LogP) is 2.96. The molecule has 0 saturated carbocycles. The highest BCUT2D eigenvalue weighted by Gasteiger charge is 2.15. The van der Waals surface area contributed by atoms with Crippen LogP contribution in [0.25, 0.3) is 5.69 Å². The van der Waals surface area contributed by atoms with Crippen LogP contribution < -0.4 is 0 Å². The summed E-state index contributed by atoms with van der Waals surface area (Å²) >= 11 is 2.16. The van der Waals surface area contributed by atoms with Gasteiger partial charge in [-0.2, -0.15) is 5.10 Å². The van der Waals surface area contributed by atoms with Crippen LogP contribution >= 0.6 is 22.6 Å². The molecule has 4 nitrogen and oxygen atoms in total. The first-order valence-corrected chi connectivity index (χ1v) is 6.70. The smallest absolute Gasteiger partial charge is 0.358 e. The first-order chi connectivity index (χ1) is 8.63. The van der Waals surface area contributed by atoms with Gasteiger partial charge < -0.3 is 4.74 Å². The van der Waals surface area contributed by atoms with E-state index in [4.69, 9.17) is 4.74 Å². The maximum atomic E-state index is 11.6. The number of hydrogen-bond donors (Lipinski definition) is 0. The zero-order valence-corrected chi connectivity index (χ0v) is 12.3. The van der Waals surface area contributed by atoms with E-state index in [1.165, 1.54) is 0 Å². The van der Waals surface area contributed by atoms with Gasteiger partial charge in [0.15, 0.2) is 5.69 Å². The molecule has 1 heterocycles. The molecule has 0 unspecified atom stereocenters. The summed E-state index contributed by atoms with van der Waals surface area (Å²) < 4.78 is 7.58. The fourth-order valence-corrected chi connectivity index (χ4v) is 2.30. The molecular weight excluding hydrogens is 343 g/mol. The molecule has 2 aromatic rings. The lowest BCUT2D eigenvalue weighted by Gasteiger charge is -2.06. The molecule has 1 aromatic carbocycles. The number of hydrogen-bond acceptors (Lipinski definition) is 3. The topological polar surface area (TPSA) is 44.1 Å². The molecule has 0 amide bonds. The number of aryl methyl sites for hydroxylation is 1. The highest BCUT2D eigenvalue weighted by Crippen LogP contribution is 2.18. The van der Waals surface area contributed by atoms with Crippen molar-refractivity contribution in [2.75, 3.05) is 6.61 Å². The Kier molecular flexibility index (Phi) is 4.00. The summed E-state index contributed by atoms with van der Waals surface area (Å²) in [6.07, 6.45) is 0. The molecule has 0 radical (unpaired) electrons. The molecule has 0 fully saturated rings. The second kappa shape index (κ2) is 5.51. The Morgan fingerprint density at radius 3 is 2.83 bits per heavy atom. The summed E-state index contributed by atoms with van der Waals surface area (Å²) in [4.78, 5) is 11.6. The van der Waals surface area contributed by atoms with Crippen molar-refractivity contribution in [3.63, 3.8) is 0 Å². The Morgan fingerprint density at radius 2 is 2.17 bits per heavy atom. The Morgan fingerprint density at radius 1 is 1.44 bits per heavy atom. The standard InChI is InChI=1S/C13H13IN2O2/c1-3-18-13(17)10-8-12(14)16(15-10)11-7-5-4-6-9(11)2/h4-8H,3H2,1-2H3. The van der Waals surface area contributed by atoms with Crippen molar-refractivity contribution in [1.82, 2.24) is 9.78 Å². The van der Waals surface area contributed by atoms with Crippen LogP contribution in [-0.4, -0.2) is 22.4 Å². The molecule has 0 N–H and O–H groups in total. The fraction of sp³-hybridized carbons (Fsp3) is 0.231. The first kappa shape index (κ1) is 13.1.